The molecule has 24 heavy (non-hydrogen) atoms. The zero-order valence-electron chi connectivity index (χ0n) is 13.6. The normalized spacial score (nSPS) is 35.7. The first-order valence-electron chi connectivity index (χ1n) is 7.76. The molecule has 0 aromatic rings. The van der Waals surface area contributed by atoms with Gasteiger partial charge in [-0.3, -0.25) is 0 Å². The molecule has 4 nitrogen and oxygen atoms in total. The highest BCUT2D eigenvalue weighted by molar-refractivity contribution is 5.82. The highest BCUT2D eigenvalue weighted by Crippen LogP contribution is 2.62. The SMILES string of the molecule is C=CC(=O)OC1(C)CC2(OC(=O)C=C)CCCC(C(F)(F)F)(C1)C2. The van der Waals surface area contributed by atoms with Crippen molar-refractivity contribution in [2.24, 2.45) is 5.41 Å². The molecule has 3 atom stereocenters. The van der Waals surface area contributed by atoms with Crippen LogP contribution in [-0.4, -0.2) is 29.3 Å². The minimum absolute atomic E-state index is 0.0248. The van der Waals surface area contributed by atoms with Gasteiger partial charge in [0.05, 0.1) is 5.41 Å². The lowest BCUT2D eigenvalue weighted by molar-refractivity contribution is -0.295. The quantitative estimate of drug-likeness (QED) is 0.573. The number of hydrogen-bond donors (Lipinski definition) is 0. The smallest absolute Gasteiger partial charge is 0.394 e. The van der Waals surface area contributed by atoms with Gasteiger partial charge >= 0.3 is 18.1 Å². The van der Waals surface area contributed by atoms with Crippen LogP contribution >= 0.6 is 0 Å². The molecule has 0 amide bonds. The number of ether oxygens (including phenoxy) is 2. The van der Waals surface area contributed by atoms with Crippen molar-refractivity contribution < 1.29 is 32.2 Å². The molecule has 0 aliphatic heterocycles. The molecule has 2 fully saturated rings. The Labute approximate surface area is 138 Å². The van der Waals surface area contributed by atoms with Crippen molar-refractivity contribution in [1.29, 1.82) is 0 Å². The predicted molar refractivity (Wildman–Crippen MR) is 79.9 cm³/mol. The number of rotatable bonds is 4. The summed E-state index contributed by atoms with van der Waals surface area (Å²) in [4.78, 5) is 23.3. The number of carbonyl (C=O) groups is 2. The highest BCUT2D eigenvalue weighted by atomic mass is 19.4. The zero-order chi connectivity index (χ0) is 18.2. The van der Waals surface area contributed by atoms with Crippen molar-refractivity contribution in [3.05, 3.63) is 25.3 Å². The summed E-state index contributed by atoms with van der Waals surface area (Å²) in [6.45, 7) is 8.03. The first-order chi connectivity index (χ1) is 11.0. The van der Waals surface area contributed by atoms with Gasteiger partial charge in [-0.1, -0.05) is 13.2 Å². The minimum atomic E-state index is -4.48. The molecular weight excluding hydrogens is 325 g/mol. The number of fused-ring (bicyclic) bond motifs is 2. The van der Waals surface area contributed by atoms with Crippen LogP contribution in [0, 0.1) is 5.41 Å². The van der Waals surface area contributed by atoms with E-state index in [9.17, 15) is 22.8 Å². The van der Waals surface area contributed by atoms with Crippen LogP contribution in [0.3, 0.4) is 0 Å². The van der Waals surface area contributed by atoms with Gasteiger partial charge in [0.15, 0.2) is 0 Å². The molecule has 0 N–H and O–H groups in total. The molecule has 2 aliphatic rings. The van der Waals surface area contributed by atoms with Gasteiger partial charge in [-0.25, -0.2) is 9.59 Å². The Hall–Kier alpha value is -1.79. The molecule has 134 valence electrons. The van der Waals surface area contributed by atoms with E-state index >= 15 is 0 Å². The average Bonchev–Trinajstić information content (AvgIpc) is 2.44. The fourth-order valence-corrected chi connectivity index (χ4v) is 4.38. The Bertz CT molecular complexity index is 567. The van der Waals surface area contributed by atoms with Crippen molar-refractivity contribution in [2.45, 2.75) is 62.8 Å². The molecule has 0 aromatic heterocycles. The van der Waals surface area contributed by atoms with E-state index in [-0.39, 0.29) is 32.1 Å². The zero-order valence-corrected chi connectivity index (χ0v) is 13.6. The van der Waals surface area contributed by atoms with Gasteiger partial charge in [-0.05, 0) is 26.2 Å². The van der Waals surface area contributed by atoms with Crippen LogP contribution in [0.15, 0.2) is 25.3 Å². The third-order valence-corrected chi connectivity index (χ3v) is 4.96. The van der Waals surface area contributed by atoms with Crippen molar-refractivity contribution in [2.75, 3.05) is 0 Å². The maximum absolute atomic E-state index is 13.8. The van der Waals surface area contributed by atoms with Gasteiger partial charge < -0.3 is 9.47 Å². The molecule has 3 unspecified atom stereocenters. The van der Waals surface area contributed by atoms with Crippen molar-refractivity contribution >= 4 is 11.9 Å². The maximum atomic E-state index is 13.8. The highest BCUT2D eigenvalue weighted by Gasteiger charge is 2.67. The number of hydrogen-bond acceptors (Lipinski definition) is 4. The summed E-state index contributed by atoms with van der Waals surface area (Å²) in [5.41, 5.74) is -4.74. The lowest BCUT2D eigenvalue weighted by Crippen LogP contribution is -2.61. The second kappa shape index (κ2) is 5.93. The Kier molecular flexibility index (Phi) is 4.59. The summed E-state index contributed by atoms with van der Waals surface area (Å²) in [5, 5.41) is 0. The molecule has 2 aliphatic carbocycles. The molecule has 2 saturated carbocycles. The summed E-state index contributed by atoms with van der Waals surface area (Å²) < 4.78 is 52.1. The Morgan fingerprint density at radius 3 is 2.12 bits per heavy atom. The standard InChI is InChI=1S/C17H21F3O4/c1-4-12(21)23-14(3)9-15(17(18,19)20)7-6-8-16(10-14,11-15)24-13(22)5-2/h4-5H,1-2,6-11H2,3H3. The Balaban J connectivity index is 2.44. The average molecular weight is 346 g/mol. The molecule has 2 rings (SSSR count). The van der Waals surface area contributed by atoms with Crippen LogP contribution in [0.5, 0.6) is 0 Å². The largest absolute Gasteiger partial charge is 0.456 e. The fourth-order valence-electron chi connectivity index (χ4n) is 4.38. The van der Waals surface area contributed by atoms with Crippen LogP contribution in [-0.2, 0) is 19.1 Å². The summed E-state index contributed by atoms with van der Waals surface area (Å²) in [6, 6.07) is 0. The number of carbonyl (C=O) groups excluding carboxylic acids is 2. The molecule has 0 spiro atoms. The minimum Gasteiger partial charge on any atom is -0.456 e. The van der Waals surface area contributed by atoms with E-state index in [1.54, 1.807) is 0 Å². The van der Waals surface area contributed by atoms with Crippen LogP contribution < -0.4 is 0 Å². The van der Waals surface area contributed by atoms with E-state index in [2.05, 4.69) is 13.2 Å². The Morgan fingerprint density at radius 2 is 1.58 bits per heavy atom. The maximum Gasteiger partial charge on any atom is 0.394 e. The Morgan fingerprint density at radius 1 is 1.00 bits per heavy atom. The summed E-state index contributed by atoms with van der Waals surface area (Å²) in [5.74, 6) is -1.56. The van der Waals surface area contributed by atoms with E-state index in [0.29, 0.717) is 6.42 Å². The monoisotopic (exact) mass is 346 g/mol. The second-order valence-electron chi connectivity index (χ2n) is 7.05. The number of esters is 2. The van der Waals surface area contributed by atoms with E-state index < -0.39 is 34.7 Å². The second-order valence-corrected chi connectivity index (χ2v) is 7.05. The van der Waals surface area contributed by atoms with Crippen molar-refractivity contribution in [1.82, 2.24) is 0 Å². The summed E-state index contributed by atoms with van der Waals surface area (Å²) in [6.07, 6.45) is -2.77. The molecule has 7 heteroatoms. The third-order valence-electron chi connectivity index (χ3n) is 4.96. The van der Waals surface area contributed by atoms with Gasteiger partial charge in [0.25, 0.3) is 0 Å². The van der Waals surface area contributed by atoms with Crippen LogP contribution in [0.4, 0.5) is 13.2 Å². The number of halogens is 3. The first kappa shape index (κ1) is 18.5. The fraction of sp³-hybridized carbons (Fsp3) is 0.647. The van der Waals surface area contributed by atoms with Gasteiger partial charge in [-0.2, -0.15) is 13.2 Å². The van der Waals surface area contributed by atoms with Crippen LogP contribution in [0.2, 0.25) is 0 Å². The summed E-state index contributed by atoms with van der Waals surface area (Å²) in [7, 11) is 0. The molecule has 0 saturated heterocycles. The van der Waals surface area contributed by atoms with E-state index in [4.69, 9.17) is 9.47 Å². The molecular formula is C17H21F3O4. The van der Waals surface area contributed by atoms with Gasteiger partial charge in [0, 0.05) is 31.4 Å². The van der Waals surface area contributed by atoms with Gasteiger partial charge in [0.2, 0.25) is 0 Å². The summed E-state index contributed by atoms with van der Waals surface area (Å²) >= 11 is 0. The number of alkyl halides is 3. The predicted octanol–water partition coefficient (Wildman–Crippen LogP) is 3.86. The van der Waals surface area contributed by atoms with Crippen LogP contribution in [0.25, 0.3) is 0 Å². The van der Waals surface area contributed by atoms with Crippen LogP contribution in [0.1, 0.15) is 45.4 Å². The first-order valence-corrected chi connectivity index (χ1v) is 7.76. The van der Waals surface area contributed by atoms with Crippen molar-refractivity contribution in [3.63, 3.8) is 0 Å². The van der Waals surface area contributed by atoms with E-state index in [0.717, 1.165) is 12.2 Å². The topological polar surface area (TPSA) is 52.6 Å². The molecule has 2 bridgehead atoms. The molecule has 0 heterocycles. The van der Waals surface area contributed by atoms with E-state index in [1.807, 2.05) is 0 Å². The van der Waals surface area contributed by atoms with Gasteiger partial charge in [0.1, 0.15) is 11.2 Å². The molecule has 0 aromatic carbocycles. The van der Waals surface area contributed by atoms with E-state index in [1.165, 1.54) is 6.92 Å². The molecule has 0 radical (unpaired) electrons. The third kappa shape index (κ3) is 3.35. The van der Waals surface area contributed by atoms with Gasteiger partial charge in [-0.15, -0.1) is 0 Å². The lowest BCUT2D eigenvalue weighted by atomic mass is 9.55. The lowest BCUT2D eigenvalue weighted by Gasteiger charge is -2.56. The van der Waals surface area contributed by atoms with Crippen molar-refractivity contribution in [3.8, 4) is 0 Å².